The molecule has 1 aromatic rings. The molecule has 0 aliphatic carbocycles. The lowest BCUT2D eigenvalue weighted by Crippen LogP contribution is -2.64. The highest BCUT2D eigenvalue weighted by Gasteiger charge is 2.78. The van der Waals surface area contributed by atoms with Crippen molar-refractivity contribution in [2.24, 2.45) is 0 Å². The Hall–Kier alpha value is -2.61. The molecule has 0 bridgehead atoms. The van der Waals surface area contributed by atoms with E-state index in [1.165, 1.54) is 0 Å². The lowest BCUT2D eigenvalue weighted by atomic mass is 10.0. The number of nitrogens with one attached hydrogen (secondary N) is 1. The number of benzene rings is 1. The fourth-order valence-corrected chi connectivity index (χ4v) is 1.66. The third-order valence-corrected chi connectivity index (χ3v) is 3.20. The Morgan fingerprint density at radius 2 is 1.07 bits per heavy atom. The number of halogens is 11. The number of alkyl halides is 6. The smallest absolute Gasteiger partial charge is 0.343 e. The van der Waals surface area contributed by atoms with E-state index >= 15 is 0 Å². The van der Waals surface area contributed by atoms with E-state index in [0.717, 1.165) is 0 Å². The number of rotatable bonds is 5. The second-order valence-electron chi connectivity index (χ2n) is 5.32. The summed E-state index contributed by atoms with van der Waals surface area (Å²) in [6.45, 7) is 0. The molecule has 28 heavy (non-hydrogen) atoms. The van der Waals surface area contributed by atoms with Gasteiger partial charge in [-0.15, -0.1) is 0 Å². The Labute approximate surface area is 147 Å². The van der Waals surface area contributed by atoms with Gasteiger partial charge in [-0.2, -0.15) is 26.3 Å². The molecular weight excluding hydrogens is 425 g/mol. The largest absolute Gasteiger partial charge is 0.393 e. The van der Waals surface area contributed by atoms with Crippen LogP contribution in [-0.2, 0) is 9.59 Å². The highest BCUT2D eigenvalue weighted by atomic mass is 19.3. The molecule has 0 heterocycles. The van der Waals surface area contributed by atoms with Crippen LogP contribution in [0.15, 0.2) is 0 Å². The van der Waals surface area contributed by atoms with Crippen molar-refractivity contribution >= 4 is 17.5 Å². The van der Waals surface area contributed by atoms with E-state index in [9.17, 15) is 57.9 Å². The monoisotopic (exact) mass is 432 g/mol. The first-order valence-electron chi connectivity index (χ1n) is 6.61. The van der Waals surface area contributed by atoms with Crippen LogP contribution in [0.2, 0.25) is 0 Å². The van der Waals surface area contributed by atoms with Crippen molar-refractivity contribution in [1.29, 1.82) is 0 Å². The highest BCUT2D eigenvalue weighted by Crippen LogP contribution is 2.47. The minimum absolute atomic E-state index is 0.216. The molecule has 1 aromatic carbocycles. The molecular formula is C13H7F11N2O2. The fourth-order valence-electron chi connectivity index (χ4n) is 1.66. The summed E-state index contributed by atoms with van der Waals surface area (Å²) in [7, 11) is 0.971. The average molecular weight is 432 g/mol. The number of carbonyl (C=O) groups excluding carboxylic acids is 2. The van der Waals surface area contributed by atoms with Gasteiger partial charge in [0.2, 0.25) is 5.82 Å². The standard InChI is InChI=1S/C13H7F11N2O2/c1-26(2)10(28)12(21,22)13(23,24)11(19,20)9(27)25-8-6(17)4(15)3(14)5(16)7(8)18/h1-2H3,(H,25,27). The fraction of sp³-hybridized carbons (Fsp3) is 0.385. The predicted molar refractivity (Wildman–Crippen MR) is 68.4 cm³/mol. The number of amides is 2. The Balaban J connectivity index is 3.42. The van der Waals surface area contributed by atoms with Gasteiger partial charge < -0.3 is 10.2 Å². The van der Waals surface area contributed by atoms with Crippen molar-refractivity contribution in [2.75, 3.05) is 19.4 Å². The van der Waals surface area contributed by atoms with E-state index in [4.69, 9.17) is 0 Å². The summed E-state index contributed by atoms with van der Waals surface area (Å²) >= 11 is 0. The maximum Gasteiger partial charge on any atom is 0.393 e. The van der Waals surface area contributed by atoms with Gasteiger partial charge in [0.25, 0.3) is 5.91 Å². The van der Waals surface area contributed by atoms with Crippen LogP contribution in [0.1, 0.15) is 0 Å². The zero-order valence-electron chi connectivity index (χ0n) is 13.4. The minimum Gasteiger partial charge on any atom is -0.343 e. The molecule has 0 aliphatic heterocycles. The number of hydrogen-bond donors (Lipinski definition) is 1. The number of hydrogen-bond acceptors (Lipinski definition) is 2. The van der Waals surface area contributed by atoms with Crippen molar-refractivity contribution < 1.29 is 57.9 Å². The van der Waals surface area contributed by atoms with Crippen LogP contribution in [0.25, 0.3) is 0 Å². The summed E-state index contributed by atoms with van der Waals surface area (Å²) in [6.07, 6.45) is 0. The zero-order chi connectivity index (χ0) is 22.4. The Morgan fingerprint density at radius 1 is 0.714 bits per heavy atom. The van der Waals surface area contributed by atoms with E-state index < -0.39 is 64.4 Å². The summed E-state index contributed by atoms with van der Waals surface area (Å²) in [5.41, 5.74) is -2.49. The van der Waals surface area contributed by atoms with Crippen LogP contribution in [0.5, 0.6) is 0 Å². The Morgan fingerprint density at radius 3 is 1.43 bits per heavy atom. The molecule has 4 nitrogen and oxygen atoms in total. The maximum absolute atomic E-state index is 13.6. The SMILES string of the molecule is CN(C)C(=O)C(F)(F)C(F)(F)C(F)(F)C(=O)Nc1c(F)c(F)c(F)c(F)c1F. The van der Waals surface area contributed by atoms with Gasteiger partial charge in [-0.25, -0.2) is 22.0 Å². The molecule has 158 valence electrons. The quantitative estimate of drug-likeness (QED) is 0.441. The summed E-state index contributed by atoms with van der Waals surface area (Å²) in [5, 5.41) is 0.250. The molecule has 0 unspecified atom stereocenters. The molecule has 0 atom stereocenters. The first-order valence-corrected chi connectivity index (χ1v) is 6.61. The summed E-state index contributed by atoms with van der Waals surface area (Å²) in [5.74, 6) is -39.9. The molecule has 0 aliphatic rings. The highest BCUT2D eigenvalue weighted by molar-refractivity contribution is 5.98. The van der Waals surface area contributed by atoms with Gasteiger partial charge >= 0.3 is 23.7 Å². The van der Waals surface area contributed by atoms with Gasteiger partial charge in [-0.3, -0.25) is 9.59 Å². The lowest BCUT2D eigenvalue weighted by molar-refractivity contribution is -0.288. The van der Waals surface area contributed by atoms with Crippen molar-refractivity contribution in [1.82, 2.24) is 4.90 Å². The van der Waals surface area contributed by atoms with Crippen LogP contribution < -0.4 is 5.32 Å². The minimum atomic E-state index is -6.75. The molecule has 0 fully saturated rings. The van der Waals surface area contributed by atoms with E-state index in [2.05, 4.69) is 0 Å². The topological polar surface area (TPSA) is 49.4 Å². The summed E-state index contributed by atoms with van der Waals surface area (Å²) < 4.78 is 147. The van der Waals surface area contributed by atoms with E-state index in [1.54, 1.807) is 0 Å². The van der Waals surface area contributed by atoms with Crippen molar-refractivity contribution in [3.63, 3.8) is 0 Å². The molecule has 0 saturated heterocycles. The molecule has 0 radical (unpaired) electrons. The van der Waals surface area contributed by atoms with Crippen molar-refractivity contribution in [2.45, 2.75) is 17.8 Å². The Bertz CT molecular complexity index is 794. The van der Waals surface area contributed by atoms with Crippen molar-refractivity contribution in [3.8, 4) is 0 Å². The number of nitrogens with zero attached hydrogens (tertiary/aromatic N) is 1. The molecule has 0 spiro atoms. The van der Waals surface area contributed by atoms with Crippen LogP contribution in [0, 0.1) is 29.1 Å². The van der Waals surface area contributed by atoms with Gasteiger partial charge in [0, 0.05) is 14.1 Å². The molecule has 1 N–H and O–H groups in total. The number of carbonyl (C=O) groups is 2. The third-order valence-electron chi connectivity index (χ3n) is 3.20. The predicted octanol–water partition coefficient (Wildman–Crippen LogP) is 3.31. The van der Waals surface area contributed by atoms with Gasteiger partial charge in [0.1, 0.15) is 5.69 Å². The van der Waals surface area contributed by atoms with Crippen LogP contribution in [0.4, 0.5) is 54.0 Å². The van der Waals surface area contributed by atoms with Gasteiger partial charge in [-0.1, -0.05) is 0 Å². The van der Waals surface area contributed by atoms with Crippen LogP contribution in [0.3, 0.4) is 0 Å². The molecule has 2 amide bonds. The number of anilines is 1. The molecule has 15 heteroatoms. The maximum atomic E-state index is 13.6. The summed E-state index contributed by atoms with van der Waals surface area (Å²) in [4.78, 5) is 22.1. The van der Waals surface area contributed by atoms with Crippen LogP contribution >= 0.6 is 0 Å². The van der Waals surface area contributed by atoms with Gasteiger partial charge in [0.05, 0.1) is 0 Å². The second-order valence-corrected chi connectivity index (χ2v) is 5.32. The first-order chi connectivity index (χ1) is 12.4. The molecule has 0 saturated carbocycles. The normalized spacial score (nSPS) is 12.8. The first kappa shape index (κ1) is 23.4. The average Bonchev–Trinajstić information content (AvgIpc) is 2.60. The molecule has 0 aromatic heterocycles. The zero-order valence-corrected chi connectivity index (χ0v) is 13.4. The van der Waals surface area contributed by atoms with E-state index in [1.807, 2.05) is 0 Å². The third kappa shape index (κ3) is 3.32. The second kappa shape index (κ2) is 7.09. The van der Waals surface area contributed by atoms with E-state index in [0.29, 0.717) is 14.1 Å². The molecule has 1 rings (SSSR count). The van der Waals surface area contributed by atoms with E-state index in [-0.39, 0.29) is 10.2 Å². The van der Waals surface area contributed by atoms with Gasteiger partial charge in [0.15, 0.2) is 23.3 Å². The lowest BCUT2D eigenvalue weighted by Gasteiger charge is -2.32. The van der Waals surface area contributed by atoms with Crippen LogP contribution in [-0.4, -0.2) is 48.6 Å². The van der Waals surface area contributed by atoms with Gasteiger partial charge in [-0.05, 0) is 0 Å². The van der Waals surface area contributed by atoms with Crippen molar-refractivity contribution in [3.05, 3.63) is 29.1 Å². The summed E-state index contributed by atoms with van der Waals surface area (Å²) in [6, 6.07) is 0. The Kier molecular flexibility index (Phi) is 5.93.